The molecule has 3 heteroatoms. The molecule has 2 atom stereocenters. The van der Waals surface area contributed by atoms with Crippen molar-refractivity contribution in [2.75, 3.05) is 13.2 Å². The second kappa shape index (κ2) is 4.43. The van der Waals surface area contributed by atoms with Crippen molar-refractivity contribution < 1.29 is 4.74 Å². The van der Waals surface area contributed by atoms with E-state index in [0.717, 1.165) is 19.6 Å². The van der Waals surface area contributed by atoms with E-state index in [1.54, 1.807) is 0 Å². The van der Waals surface area contributed by atoms with E-state index in [4.69, 9.17) is 4.74 Å². The van der Waals surface area contributed by atoms with Crippen LogP contribution in [0.5, 0.6) is 0 Å². The van der Waals surface area contributed by atoms with Crippen molar-refractivity contribution in [2.24, 2.45) is 0 Å². The van der Waals surface area contributed by atoms with Crippen molar-refractivity contribution in [2.45, 2.75) is 32.4 Å². The average Bonchev–Trinajstić information content (AvgIpc) is 2.67. The first kappa shape index (κ1) is 10.1. The van der Waals surface area contributed by atoms with Crippen molar-refractivity contribution in [3.05, 3.63) is 21.9 Å². The molecule has 14 heavy (non-hydrogen) atoms. The van der Waals surface area contributed by atoms with E-state index in [-0.39, 0.29) is 6.10 Å². The SMILES string of the molecule is CCc1ccc(C2CNC(C)CO2)s1. The van der Waals surface area contributed by atoms with Crippen LogP contribution in [0.2, 0.25) is 0 Å². The van der Waals surface area contributed by atoms with Gasteiger partial charge in [0.15, 0.2) is 0 Å². The minimum atomic E-state index is 0.275. The molecule has 0 saturated carbocycles. The predicted octanol–water partition coefficient (Wildman–Crippen LogP) is 2.36. The first-order valence-corrected chi connectivity index (χ1v) is 6.05. The number of rotatable bonds is 2. The van der Waals surface area contributed by atoms with Gasteiger partial charge in [0.2, 0.25) is 0 Å². The summed E-state index contributed by atoms with van der Waals surface area (Å²) in [6.07, 6.45) is 1.40. The van der Waals surface area contributed by atoms with Crippen LogP contribution in [-0.2, 0) is 11.2 Å². The molecule has 1 aromatic rings. The number of hydrogen-bond acceptors (Lipinski definition) is 3. The van der Waals surface area contributed by atoms with Gasteiger partial charge in [-0.2, -0.15) is 0 Å². The van der Waals surface area contributed by atoms with E-state index in [9.17, 15) is 0 Å². The molecule has 1 aliphatic rings. The van der Waals surface area contributed by atoms with Gasteiger partial charge in [-0.25, -0.2) is 0 Å². The molecule has 78 valence electrons. The molecular weight excluding hydrogens is 194 g/mol. The number of aryl methyl sites for hydroxylation is 1. The summed E-state index contributed by atoms with van der Waals surface area (Å²) in [4.78, 5) is 2.81. The second-order valence-corrected chi connectivity index (χ2v) is 4.99. The predicted molar refractivity (Wildman–Crippen MR) is 59.9 cm³/mol. The molecule has 2 heterocycles. The Balaban J connectivity index is 2.01. The van der Waals surface area contributed by atoms with Crippen molar-refractivity contribution in [3.8, 4) is 0 Å². The summed E-state index contributed by atoms with van der Waals surface area (Å²) in [5, 5.41) is 3.44. The highest BCUT2D eigenvalue weighted by atomic mass is 32.1. The van der Waals surface area contributed by atoms with Crippen LogP contribution in [0.4, 0.5) is 0 Å². The Morgan fingerprint density at radius 2 is 2.43 bits per heavy atom. The summed E-state index contributed by atoms with van der Waals surface area (Å²) < 4.78 is 5.78. The maximum absolute atomic E-state index is 5.78. The van der Waals surface area contributed by atoms with Gasteiger partial charge >= 0.3 is 0 Å². The smallest absolute Gasteiger partial charge is 0.104 e. The minimum Gasteiger partial charge on any atom is -0.370 e. The Kier molecular flexibility index (Phi) is 3.21. The highest BCUT2D eigenvalue weighted by Crippen LogP contribution is 2.27. The summed E-state index contributed by atoms with van der Waals surface area (Å²) in [7, 11) is 0. The Labute approximate surface area is 89.3 Å². The lowest BCUT2D eigenvalue weighted by atomic mass is 10.2. The molecule has 1 aliphatic heterocycles. The number of morpholine rings is 1. The van der Waals surface area contributed by atoms with Crippen LogP contribution in [-0.4, -0.2) is 19.2 Å². The number of nitrogens with one attached hydrogen (secondary N) is 1. The summed E-state index contributed by atoms with van der Waals surface area (Å²) >= 11 is 1.88. The summed E-state index contributed by atoms with van der Waals surface area (Å²) in [6.45, 7) is 6.12. The largest absolute Gasteiger partial charge is 0.370 e. The molecule has 1 saturated heterocycles. The Morgan fingerprint density at radius 1 is 1.57 bits per heavy atom. The molecule has 0 aromatic carbocycles. The van der Waals surface area contributed by atoms with Crippen LogP contribution in [0.3, 0.4) is 0 Å². The quantitative estimate of drug-likeness (QED) is 0.811. The number of thiophene rings is 1. The van der Waals surface area contributed by atoms with Gasteiger partial charge in [0.25, 0.3) is 0 Å². The van der Waals surface area contributed by atoms with Gasteiger partial charge in [-0.05, 0) is 25.5 Å². The third-order valence-electron chi connectivity index (χ3n) is 2.55. The topological polar surface area (TPSA) is 21.3 Å². The Bertz CT molecular complexity index is 289. The van der Waals surface area contributed by atoms with E-state index in [1.807, 2.05) is 11.3 Å². The first-order valence-electron chi connectivity index (χ1n) is 5.23. The monoisotopic (exact) mass is 211 g/mol. The molecule has 1 fully saturated rings. The van der Waals surface area contributed by atoms with Gasteiger partial charge in [-0.1, -0.05) is 6.92 Å². The van der Waals surface area contributed by atoms with Gasteiger partial charge in [-0.3, -0.25) is 0 Å². The van der Waals surface area contributed by atoms with Gasteiger partial charge in [0, 0.05) is 22.3 Å². The van der Waals surface area contributed by atoms with Gasteiger partial charge < -0.3 is 10.1 Å². The van der Waals surface area contributed by atoms with E-state index >= 15 is 0 Å². The van der Waals surface area contributed by atoms with Crippen LogP contribution in [0.1, 0.15) is 29.7 Å². The summed E-state index contributed by atoms with van der Waals surface area (Å²) in [5.74, 6) is 0. The Hall–Kier alpha value is -0.380. The molecule has 0 radical (unpaired) electrons. The first-order chi connectivity index (χ1) is 6.79. The van der Waals surface area contributed by atoms with Crippen molar-refractivity contribution >= 4 is 11.3 Å². The van der Waals surface area contributed by atoms with Crippen LogP contribution in [0.15, 0.2) is 12.1 Å². The lowest BCUT2D eigenvalue weighted by molar-refractivity contribution is 0.00902. The van der Waals surface area contributed by atoms with E-state index in [1.165, 1.54) is 9.75 Å². The van der Waals surface area contributed by atoms with Crippen LogP contribution in [0.25, 0.3) is 0 Å². The third-order valence-corrected chi connectivity index (χ3v) is 3.87. The summed E-state index contributed by atoms with van der Waals surface area (Å²) in [6, 6.07) is 4.91. The zero-order valence-electron chi connectivity index (χ0n) is 8.75. The summed E-state index contributed by atoms with van der Waals surface area (Å²) in [5.41, 5.74) is 0. The maximum atomic E-state index is 5.78. The van der Waals surface area contributed by atoms with E-state index in [0.29, 0.717) is 6.04 Å². The molecular formula is C11H17NOS. The zero-order chi connectivity index (χ0) is 9.97. The molecule has 0 aliphatic carbocycles. The zero-order valence-corrected chi connectivity index (χ0v) is 9.56. The van der Waals surface area contributed by atoms with Gasteiger partial charge in [0.05, 0.1) is 6.61 Å². The lowest BCUT2D eigenvalue weighted by Gasteiger charge is -2.27. The lowest BCUT2D eigenvalue weighted by Crippen LogP contribution is -2.40. The van der Waals surface area contributed by atoms with Crippen LogP contribution in [0, 0.1) is 0 Å². The molecule has 2 rings (SSSR count). The van der Waals surface area contributed by atoms with E-state index in [2.05, 4.69) is 31.3 Å². The molecule has 2 unspecified atom stereocenters. The molecule has 0 amide bonds. The van der Waals surface area contributed by atoms with Crippen molar-refractivity contribution in [3.63, 3.8) is 0 Å². The molecule has 2 nitrogen and oxygen atoms in total. The van der Waals surface area contributed by atoms with Crippen molar-refractivity contribution in [1.29, 1.82) is 0 Å². The fourth-order valence-electron chi connectivity index (χ4n) is 1.63. The highest BCUT2D eigenvalue weighted by Gasteiger charge is 2.20. The van der Waals surface area contributed by atoms with Crippen LogP contribution >= 0.6 is 11.3 Å². The van der Waals surface area contributed by atoms with E-state index < -0.39 is 0 Å². The maximum Gasteiger partial charge on any atom is 0.104 e. The second-order valence-electron chi connectivity index (χ2n) is 3.79. The van der Waals surface area contributed by atoms with Gasteiger partial charge in [-0.15, -0.1) is 11.3 Å². The number of hydrogen-bond donors (Lipinski definition) is 1. The highest BCUT2D eigenvalue weighted by molar-refractivity contribution is 7.12. The molecule has 0 spiro atoms. The average molecular weight is 211 g/mol. The fraction of sp³-hybridized carbons (Fsp3) is 0.636. The third kappa shape index (κ3) is 2.16. The Morgan fingerprint density at radius 3 is 3.00 bits per heavy atom. The van der Waals surface area contributed by atoms with Gasteiger partial charge in [0.1, 0.15) is 6.10 Å². The standard InChI is InChI=1S/C11H17NOS/c1-3-9-4-5-11(14-9)10-6-12-8(2)7-13-10/h4-5,8,10,12H,3,6-7H2,1-2H3. The minimum absolute atomic E-state index is 0.275. The molecule has 1 N–H and O–H groups in total. The number of ether oxygens (including phenoxy) is 1. The normalized spacial score (nSPS) is 27.9. The molecule has 1 aromatic heterocycles. The van der Waals surface area contributed by atoms with Crippen LogP contribution < -0.4 is 5.32 Å². The van der Waals surface area contributed by atoms with Crippen molar-refractivity contribution in [1.82, 2.24) is 5.32 Å². The fourth-order valence-corrected chi connectivity index (χ4v) is 2.63. The molecule has 0 bridgehead atoms.